The van der Waals surface area contributed by atoms with Crippen molar-refractivity contribution in [1.29, 1.82) is 0 Å². The number of benzene rings is 1. The van der Waals surface area contributed by atoms with E-state index >= 15 is 0 Å². The molecule has 2 aromatic heterocycles. The summed E-state index contributed by atoms with van der Waals surface area (Å²) in [6, 6.07) is 15.3. The Kier molecular flexibility index (Phi) is 5.90. The van der Waals surface area contributed by atoms with E-state index < -0.39 is 11.8 Å². The number of hydrogen-bond donors (Lipinski definition) is 0. The molecule has 0 aliphatic carbocycles. The zero-order chi connectivity index (χ0) is 21.1. The third-order valence-electron chi connectivity index (χ3n) is 5.40. The minimum atomic E-state index is -0.494. The number of nitrogens with zero attached hydrogens (tertiary/aromatic N) is 4. The van der Waals surface area contributed by atoms with Crippen LogP contribution in [0.2, 0.25) is 0 Å². The molecular formula is C23H21BrN4O2. The molecule has 0 bridgehead atoms. The van der Waals surface area contributed by atoms with Crippen molar-refractivity contribution in [3.63, 3.8) is 0 Å². The SMILES string of the molecule is CN1CCN(C(c2cccc(Br)c2)C(c2cccnc2)c2cccnc2)C(=O)C1=O. The lowest BCUT2D eigenvalue weighted by molar-refractivity contribution is -0.157. The van der Waals surface area contributed by atoms with Crippen LogP contribution in [0.4, 0.5) is 0 Å². The van der Waals surface area contributed by atoms with Crippen LogP contribution in [0, 0.1) is 0 Å². The fourth-order valence-corrected chi connectivity index (χ4v) is 4.35. The van der Waals surface area contributed by atoms with Crippen molar-refractivity contribution in [2.75, 3.05) is 20.1 Å². The lowest BCUT2D eigenvalue weighted by Gasteiger charge is -2.41. The number of piperazine rings is 1. The van der Waals surface area contributed by atoms with Crippen LogP contribution in [0.5, 0.6) is 0 Å². The van der Waals surface area contributed by atoms with E-state index in [9.17, 15) is 9.59 Å². The van der Waals surface area contributed by atoms with Crippen LogP contribution < -0.4 is 0 Å². The van der Waals surface area contributed by atoms with E-state index in [0.29, 0.717) is 13.1 Å². The average molecular weight is 465 g/mol. The molecule has 0 radical (unpaired) electrons. The largest absolute Gasteiger partial charge is 0.336 e. The summed E-state index contributed by atoms with van der Waals surface area (Å²) in [4.78, 5) is 37.4. The highest BCUT2D eigenvalue weighted by molar-refractivity contribution is 9.10. The van der Waals surface area contributed by atoms with Gasteiger partial charge in [-0.1, -0.05) is 40.2 Å². The maximum absolute atomic E-state index is 13.1. The molecule has 1 atom stereocenters. The first-order valence-electron chi connectivity index (χ1n) is 9.67. The van der Waals surface area contributed by atoms with Crippen molar-refractivity contribution in [3.8, 4) is 0 Å². The first-order valence-corrected chi connectivity index (χ1v) is 10.5. The summed E-state index contributed by atoms with van der Waals surface area (Å²) < 4.78 is 0.911. The molecule has 2 amide bonds. The Morgan fingerprint density at radius 2 is 1.50 bits per heavy atom. The van der Waals surface area contributed by atoms with Gasteiger partial charge in [0.25, 0.3) is 0 Å². The van der Waals surface area contributed by atoms with Crippen LogP contribution in [-0.2, 0) is 9.59 Å². The Labute approximate surface area is 183 Å². The summed E-state index contributed by atoms with van der Waals surface area (Å²) in [5.74, 6) is -1.22. The molecule has 0 spiro atoms. The van der Waals surface area contributed by atoms with Gasteiger partial charge in [0.15, 0.2) is 0 Å². The van der Waals surface area contributed by atoms with Crippen molar-refractivity contribution >= 4 is 27.7 Å². The van der Waals surface area contributed by atoms with Crippen LogP contribution in [0.15, 0.2) is 77.8 Å². The lowest BCUT2D eigenvalue weighted by atomic mass is 9.81. The molecule has 1 saturated heterocycles. The van der Waals surface area contributed by atoms with Gasteiger partial charge in [-0.2, -0.15) is 0 Å². The van der Waals surface area contributed by atoms with Gasteiger partial charge in [0.1, 0.15) is 0 Å². The molecular weight excluding hydrogens is 444 g/mol. The van der Waals surface area contributed by atoms with E-state index in [-0.39, 0.29) is 12.0 Å². The summed E-state index contributed by atoms with van der Waals surface area (Å²) in [6.07, 6.45) is 7.07. The highest BCUT2D eigenvalue weighted by Crippen LogP contribution is 2.41. The quantitative estimate of drug-likeness (QED) is 0.542. The fourth-order valence-electron chi connectivity index (χ4n) is 3.93. The normalized spacial score (nSPS) is 15.6. The minimum Gasteiger partial charge on any atom is -0.336 e. The molecule has 1 unspecified atom stereocenters. The fraction of sp³-hybridized carbons (Fsp3) is 0.217. The first-order chi connectivity index (χ1) is 14.6. The van der Waals surface area contributed by atoms with Crippen LogP contribution in [-0.4, -0.2) is 51.7 Å². The Bertz CT molecular complexity index is 1010. The summed E-state index contributed by atoms with van der Waals surface area (Å²) in [5, 5.41) is 0. The lowest BCUT2D eigenvalue weighted by Crippen LogP contribution is -2.54. The topological polar surface area (TPSA) is 66.4 Å². The average Bonchev–Trinajstić information content (AvgIpc) is 2.78. The first kappa shape index (κ1) is 20.2. The van der Waals surface area contributed by atoms with Crippen molar-refractivity contribution in [2.24, 2.45) is 0 Å². The highest BCUT2D eigenvalue weighted by Gasteiger charge is 2.40. The summed E-state index contributed by atoms with van der Waals surface area (Å²) in [7, 11) is 1.66. The molecule has 0 saturated carbocycles. The van der Waals surface area contributed by atoms with Crippen LogP contribution in [0.25, 0.3) is 0 Å². The molecule has 1 aliphatic rings. The molecule has 1 aliphatic heterocycles. The van der Waals surface area contributed by atoms with E-state index in [1.807, 2.05) is 60.9 Å². The number of halogens is 1. The zero-order valence-electron chi connectivity index (χ0n) is 16.5. The molecule has 7 heteroatoms. The molecule has 6 nitrogen and oxygen atoms in total. The second-order valence-corrected chi connectivity index (χ2v) is 8.19. The van der Waals surface area contributed by atoms with Gasteiger partial charge >= 0.3 is 11.8 Å². The zero-order valence-corrected chi connectivity index (χ0v) is 18.1. The molecule has 3 heterocycles. The summed E-state index contributed by atoms with van der Waals surface area (Å²) in [5.41, 5.74) is 2.84. The number of aromatic nitrogens is 2. The van der Waals surface area contributed by atoms with Crippen LogP contribution >= 0.6 is 15.9 Å². The monoisotopic (exact) mass is 464 g/mol. The van der Waals surface area contributed by atoms with Crippen molar-refractivity contribution < 1.29 is 9.59 Å². The van der Waals surface area contributed by atoms with Crippen molar-refractivity contribution in [3.05, 3.63) is 94.5 Å². The van der Waals surface area contributed by atoms with Gasteiger partial charge in [-0.15, -0.1) is 0 Å². The third kappa shape index (κ3) is 3.98. The van der Waals surface area contributed by atoms with Gasteiger partial charge in [0.05, 0.1) is 6.04 Å². The molecule has 1 aromatic carbocycles. The second-order valence-electron chi connectivity index (χ2n) is 7.28. The number of carbonyl (C=O) groups is 2. The van der Waals surface area contributed by atoms with Crippen LogP contribution in [0.1, 0.15) is 28.7 Å². The van der Waals surface area contributed by atoms with E-state index in [0.717, 1.165) is 21.2 Å². The highest BCUT2D eigenvalue weighted by atomic mass is 79.9. The molecule has 1 fully saturated rings. The van der Waals surface area contributed by atoms with E-state index in [4.69, 9.17) is 0 Å². The van der Waals surface area contributed by atoms with E-state index in [2.05, 4.69) is 25.9 Å². The molecule has 3 aromatic rings. The molecule has 4 rings (SSSR count). The van der Waals surface area contributed by atoms with Crippen molar-refractivity contribution in [2.45, 2.75) is 12.0 Å². The Morgan fingerprint density at radius 3 is 2.07 bits per heavy atom. The molecule has 0 N–H and O–H groups in total. The van der Waals surface area contributed by atoms with E-state index in [1.165, 1.54) is 4.90 Å². The second kappa shape index (κ2) is 8.75. The number of amides is 2. The van der Waals surface area contributed by atoms with Crippen LogP contribution in [0.3, 0.4) is 0 Å². The van der Waals surface area contributed by atoms with Gasteiger partial charge in [-0.05, 0) is 41.0 Å². The van der Waals surface area contributed by atoms with Gasteiger partial charge in [-0.25, -0.2) is 0 Å². The smallest absolute Gasteiger partial charge is 0.312 e. The predicted molar refractivity (Wildman–Crippen MR) is 117 cm³/mol. The standard InChI is InChI=1S/C23H21BrN4O2/c1-27-11-12-28(23(30)22(27)29)21(16-5-2-8-19(24)13-16)20(17-6-3-9-25-14-17)18-7-4-10-26-15-18/h2-10,13-15,20-21H,11-12H2,1H3. The third-order valence-corrected chi connectivity index (χ3v) is 5.89. The number of pyridine rings is 2. The van der Waals surface area contributed by atoms with Gasteiger partial charge < -0.3 is 9.80 Å². The Balaban J connectivity index is 1.90. The Morgan fingerprint density at radius 1 is 0.867 bits per heavy atom. The number of hydrogen-bond acceptors (Lipinski definition) is 4. The Hall–Kier alpha value is -3.06. The van der Waals surface area contributed by atoms with Crippen molar-refractivity contribution in [1.82, 2.24) is 19.8 Å². The van der Waals surface area contributed by atoms with Gasteiger partial charge in [-0.3, -0.25) is 19.6 Å². The molecule has 30 heavy (non-hydrogen) atoms. The number of rotatable bonds is 5. The predicted octanol–water partition coefficient (Wildman–Crippen LogP) is 3.41. The maximum atomic E-state index is 13.1. The van der Waals surface area contributed by atoms with Gasteiger partial charge in [0, 0.05) is 55.3 Å². The summed E-state index contributed by atoms with van der Waals surface area (Å²) in [6.45, 7) is 0.942. The minimum absolute atomic E-state index is 0.234. The number of likely N-dealkylation sites (N-methyl/N-ethyl adjacent to an activating group) is 1. The number of carbonyl (C=O) groups excluding carboxylic acids is 2. The summed E-state index contributed by atoms with van der Waals surface area (Å²) >= 11 is 3.55. The molecule has 152 valence electrons. The maximum Gasteiger partial charge on any atom is 0.312 e. The van der Waals surface area contributed by atoms with Gasteiger partial charge in [0.2, 0.25) is 0 Å². The van der Waals surface area contributed by atoms with E-state index in [1.54, 1.807) is 24.3 Å².